The van der Waals surface area contributed by atoms with Crippen LogP contribution in [0.4, 0.5) is 0 Å². The quantitative estimate of drug-likeness (QED) is 0.406. The van der Waals surface area contributed by atoms with E-state index >= 15 is 0 Å². The summed E-state index contributed by atoms with van der Waals surface area (Å²) < 4.78 is 0. The van der Waals surface area contributed by atoms with Crippen molar-refractivity contribution < 1.29 is 14.7 Å². The predicted molar refractivity (Wildman–Crippen MR) is 93.0 cm³/mol. The third-order valence-corrected chi connectivity index (χ3v) is 4.72. The first kappa shape index (κ1) is 19.7. The normalized spacial score (nSPS) is 19.4. The Morgan fingerprint density at radius 2 is 1.61 bits per heavy atom. The van der Waals surface area contributed by atoms with E-state index in [9.17, 15) is 14.7 Å². The van der Waals surface area contributed by atoms with Crippen molar-refractivity contribution in [2.75, 3.05) is 0 Å². The van der Waals surface area contributed by atoms with Gasteiger partial charge < -0.3 is 10.4 Å². The molecule has 4 nitrogen and oxygen atoms in total. The van der Waals surface area contributed by atoms with Crippen molar-refractivity contribution in [3.63, 3.8) is 0 Å². The molecule has 0 spiro atoms. The number of nitrogens with one attached hydrogen (secondary N) is 1. The number of carboxylic acid groups (broad SMARTS) is 1. The number of aliphatic carboxylic acids is 1. The van der Waals surface area contributed by atoms with Crippen molar-refractivity contribution >= 4 is 11.9 Å². The third-order valence-electron chi connectivity index (χ3n) is 4.72. The van der Waals surface area contributed by atoms with Gasteiger partial charge >= 0.3 is 5.97 Å². The van der Waals surface area contributed by atoms with Crippen molar-refractivity contribution in [3.05, 3.63) is 11.8 Å². The van der Waals surface area contributed by atoms with Gasteiger partial charge in [0.15, 0.2) is 0 Å². The average Bonchev–Trinajstić information content (AvgIpc) is 3.13. The lowest BCUT2D eigenvalue weighted by Gasteiger charge is -2.07. The number of allylic oxidation sites excluding steroid dienone is 1. The van der Waals surface area contributed by atoms with E-state index < -0.39 is 5.97 Å². The van der Waals surface area contributed by atoms with Crippen molar-refractivity contribution in [2.24, 2.45) is 11.3 Å². The standard InChI is InChI=1S/C19H33NO3/c1-4-5-6-7-8-9-10-11-12-13-16(18(22)23)20-17(21)15-14-19(15,2)3/h13,15H,4-12,14H2,1-3H3,(H,20,21)(H,22,23)/b16-13-. The van der Waals surface area contributed by atoms with Crippen LogP contribution in [0, 0.1) is 11.3 Å². The second-order valence-electron chi connectivity index (χ2n) is 7.42. The molecule has 0 aromatic heterocycles. The van der Waals surface area contributed by atoms with E-state index in [-0.39, 0.29) is 22.9 Å². The maximum atomic E-state index is 12.0. The van der Waals surface area contributed by atoms with Crippen LogP contribution >= 0.6 is 0 Å². The molecule has 2 N–H and O–H groups in total. The Morgan fingerprint density at radius 1 is 1.09 bits per heavy atom. The van der Waals surface area contributed by atoms with E-state index in [1.807, 2.05) is 13.8 Å². The van der Waals surface area contributed by atoms with Crippen LogP contribution in [0.25, 0.3) is 0 Å². The summed E-state index contributed by atoms with van der Waals surface area (Å²) in [4.78, 5) is 23.2. The van der Waals surface area contributed by atoms with Crippen LogP contribution in [0.2, 0.25) is 0 Å². The van der Waals surface area contributed by atoms with Gasteiger partial charge in [0, 0.05) is 5.92 Å². The summed E-state index contributed by atoms with van der Waals surface area (Å²) in [6.07, 6.45) is 13.0. The molecule has 0 radical (unpaired) electrons. The van der Waals surface area contributed by atoms with Gasteiger partial charge in [-0.1, -0.05) is 71.8 Å². The van der Waals surface area contributed by atoms with Gasteiger partial charge in [-0.05, 0) is 24.7 Å². The molecule has 0 saturated heterocycles. The number of carboxylic acids is 1. The maximum Gasteiger partial charge on any atom is 0.352 e. The molecule has 1 aliphatic carbocycles. The summed E-state index contributed by atoms with van der Waals surface area (Å²) in [6, 6.07) is 0. The van der Waals surface area contributed by atoms with Crippen molar-refractivity contribution in [3.8, 4) is 0 Å². The van der Waals surface area contributed by atoms with Crippen LogP contribution in [0.5, 0.6) is 0 Å². The van der Waals surface area contributed by atoms with E-state index in [0.29, 0.717) is 6.42 Å². The highest BCUT2D eigenvalue weighted by Crippen LogP contribution is 2.51. The lowest BCUT2D eigenvalue weighted by molar-refractivity contribution is -0.135. The maximum absolute atomic E-state index is 12.0. The Labute approximate surface area is 140 Å². The lowest BCUT2D eigenvalue weighted by atomic mass is 10.1. The summed E-state index contributed by atoms with van der Waals surface area (Å²) in [7, 11) is 0. The third kappa shape index (κ3) is 7.67. The smallest absolute Gasteiger partial charge is 0.352 e. The van der Waals surface area contributed by atoms with Crippen molar-refractivity contribution in [1.29, 1.82) is 0 Å². The van der Waals surface area contributed by atoms with E-state index in [4.69, 9.17) is 0 Å². The zero-order valence-electron chi connectivity index (χ0n) is 15.0. The number of carbonyl (C=O) groups is 2. The molecular formula is C19H33NO3. The van der Waals surface area contributed by atoms with Crippen LogP contribution < -0.4 is 5.32 Å². The van der Waals surface area contributed by atoms with Gasteiger partial charge in [0.05, 0.1) is 0 Å². The fourth-order valence-corrected chi connectivity index (χ4v) is 2.85. The summed E-state index contributed by atoms with van der Waals surface area (Å²) >= 11 is 0. The number of carbonyl (C=O) groups excluding carboxylic acids is 1. The minimum atomic E-state index is -1.05. The molecule has 4 heteroatoms. The van der Waals surface area contributed by atoms with Crippen molar-refractivity contribution in [2.45, 2.75) is 85.0 Å². The van der Waals surface area contributed by atoms with Crippen LogP contribution in [0.15, 0.2) is 11.8 Å². The molecule has 1 amide bonds. The minimum Gasteiger partial charge on any atom is -0.477 e. The fraction of sp³-hybridized carbons (Fsp3) is 0.789. The molecule has 0 aromatic rings. The molecule has 0 aliphatic heterocycles. The number of hydrogen-bond acceptors (Lipinski definition) is 2. The predicted octanol–water partition coefficient (Wildman–Crippen LogP) is 4.65. The summed E-state index contributed by atoms with van der Waals surface area (Å²) in [5.41, 5.74) is 0.0616. The van der Waals surface area contributed by atoms with E-state index in [0.717, 1.165) is 19.3 Å². The summed E-state index contributed by atoms with van der Waals surface area (Å²) in [5.74, 6) is -1.25. The Hall–Kier alpha value is -1.32. The molecule has 1 fully saturated rings. The molecule has 1 saturated carbocycles. The van der Waals surface area contributed by atoms with Crippen LogP contribution in [-0.2, 0) is 9.59 Å². The second-order valence-corrected chi connectivity index (χ2v) is 7.42. The Bertz CT molecular complexity index is 426. The minimum absolute atomic E-state index is 0.0193. The molecule has 0 bridgehead atoms. The second kappa shape index (κ2) is 9.74. The van der Waals surface area contributed by atoms with Gasteiger partial charge in [-0.25, -0.2) is 4.79 Å². The number of amides is 1. The topological polar surface area (TPSA) is 66.4 Å². The molecule has 1 rings (SSSR count). The first-order chi connectivity index (χ1) is 10.9. The first-order valence-corrected chi connectivity index (χ1v) is 9.13. The van der Waals surface area contributed by atoms with Gasteiger partial charge in [-0.3, -0.25) is 4.79 Å². The lowest BCUT2D eigenvalue weighted by Crippen LogP contribution is -2.29. The highest BCUT2D eigenvalue weighted by Gasteiger charge is 2.50. The van der Waals surface area contributed by atoms with Gasteiger partial charge in [0.25, 0.3) is 0 Å². The first-order valence-electron chi connectivity index (χ1n) is 9.13. The van der Waals surface area contributed by atoms with E-state index in [2.05, 4.69) is 12.2 Å². The van der Waals surface area contributed by atoms with E-state index in [1.165, 1.54) is 38.5 Å². The van der Waals surface area contributed by atoms with Crippen molar-refractivity contribution in [1.82, 2.24) is 5.32 Å². The molecule has 23 heavy (non-hydrogen) atoms. The van der Waals surface area contributed by atoms with Crippen LogP contribution in [0.3, 0.4) is 0 Å². The SMILES string of the molecule is CCCCCCCCCC/C=C(\NC(=O)C1CC1(C)C)C(=O)O. The average molecular weight is 323 g/mol. The number of hydrogen-bond donors (Lipinski definition) is 2. The van der Waals surface area contributed by atoms with Gasteiger partial charge in [0.2, 0.25) is 5.91 Å². The Kier molecular flexibility index (Phi) is 8.35. The number of rotatable bonds is 12. The van der Waals surface area contributed by atoms with Gasteiger partial charge in [-0.15, -0.1) is 0 Å². The van der Waals surface area contributed by atoms with Gasteiger partial charge in [-0.2, -0.15) is 0 Å². The fourth-order valence-electron chi connectivity index (χ4n) is 2.85. The molecule has 0 aromatic carbocycles. The molecule has 1 aliphatic rings. The number of unbranched alkanes of at least 4 members (excludes halogenated alkanes) is 8. The Balaban J connectivity index is 2.20. The zero-order valence-corrected chi connectivity index (χ0v) is 15.0. The largest absolute Gasteiger partial charge is 0.477 e. The Morgan fingerprint density at radius 3 is 2.09 bits per heavy atom. The van der Waals surface area contributed by atoms with Crippen LogP contribution in [0.1, 0.15) is 85.0 Å². The monoisotopic (exact) mass is 323 g/mol. The molecule has 1 atom stereocenters. The summed E-state index contributed by atoms with van der Waals surface area (Å²) in [5, 5.41) is 11.8. The van der Waals surface area contributed by atoms with E-state index in [1.54, 1.807) is 6.08 Å². The molecule has 0 heterocycles. The van der Waals surface area contributed by atoms with Gasteiger partial charge in [0.1, 0.15) is 5.70 Å². The molecular weight excluding hydrogens is 290 g/mol. The highest BCUT2D eigenvalue weighted by molar-refractivity contribution is 5.94. The molecule has 132 valence electrons. The highest BCUT2D eigenvalue weighted by atomic mass is 16.4. The molecule has 1 unspecified atom stereocenters. The zero-order chi connectivity index (χ0) is 17.3. The van der Waals surface area contributed by atoms with Crippen LogP contribution in [-0.4, -0.2) is 17.0 Å². The summed E-state index contributed by atoms with van der Waals surface area (Å²) in [6.45, 7) is 6.28.